The Labute approximate surface area is 119 Å². The Hall–Kier alpha value is -2.24. The zero-order valence-electron chi connectivity index (χ0n) is 12.3. The van der Waals surface area contributed by atoms with E-state index in [2.05, 4.69) is 9.47 Å². The van der Waals surface area contributed by atoms with E-state index in [0.717, 1.165) is 5.56 Å². The molecule has 0 saturated carbocycles. The highest BCUT2D eigenvalue weighted by Crippen LogP contribution is 2.07. The van der Waals surface area contributed by atoms with Gasteiger partial charge in [-0.15, -0.1) is 0 Å². The smallest absolute Gasteiger partial charge is 0.405 e. The van der Waals surface area contributed by atoms with E-state index in [1.165, 1.54) is 7.11 Å². The zero-order chi connectivity index (χ0) is 15.8. The Balaban J connectivity index is 0.000000396. The average Bonchev–Trinajstić information content (AvgIpc) is 2.26. The fourth-order valence-corrected chi connectivity index (χ4v) is 1.24. The van der Waals surface area contributed by atoms with Crippen LogP contribution in [0.3, 0.4) is 0 Å². The van der Waals surface area contributed by atoms with Crippen LogP contribution in [0.15, 0.2) is 24.3 Å². The second kappa shape index (κ2) is 8.04. The summed E-state index contributed by atoms with van der Waals surface area (Å²) in [5.41, 5.74) is 11.3. The van der Waals surface area contributed by atoms with E-state index < -0.39 is 11.7 Å². The minimum atomic E-state index is -0.725. The zero-order valence-corrected chi connectivity index (χ0v) is 12.3. The lowest BCUT2D eigenvalue weighted by Gasteiger charge is -2.16. The molecule has 4 N–H and O–H groups in total. The van der Waals surface area contributed by atoms with Crippen LogP contribution in [0.25, 0.3) is 0 Å². The van der Waals surface area contributed by atoms with E-state index in [9.17, 15) is 9.59 Å². The quantitative estimate of drug-likeness (QED) is 0.636. The van der Waals surface area contributed by atoms with Gasteiger partial charge >= 0.3 is 12.1 Å². The summed E-state index contributed by atoms with van der Waals surface area (Å²) in [4.78, 5) is 20.8. The number of carbonyl (C=O) groups is 2. The Morgan fingerprint density at radius 1 is 1.25 bits per heavy atom. The molecule has 0 atom stereocenters. The Kier molecular flexibility index (Phi) is 7.14. The van der Waals surface area contributed by atoms with Gasteiger partial charge in [-0.05, 0) is 38.5 Å². The van der Waals surface area contributed by atoms with Gasteiger partial charge in [-0.25, -0.2) is 4.79 Å². The number of benzene rings is 1. The molecular weight excluding hydrogens is 260 g/mol. The Morgan fingerprint density at radius 3 is 2.20 bits per heavy atom. The number of nitrogen functional groups attached to an aromatic ring is 1. The van der Waals surface area contributed by atoms with Crippen LogP contribution in [0.2, 0.25) is 0 Å². The molecule has 0 aliphatic rings. The SMILES string of the molecule is CC(C)(C)OC(N)=O.COC(=O)Cc1cccc(N)c1. The molecule has 6 heteroatoms. The minimum absolute atomic E-state index is 0.249. The van der Waals surface area contributed by atoms with Crippen molar-refractivity contribution in [3.8, 4) is 0 Å². The number of hydrogen-bond acceptors (Lipinski definition) is 5. The molecule has 6 nitrogen and oxygen atoms in total. The number of rotatable bonds is 2. The molecule has 1 amide bonds. The molecule has 0 radical (unpaired) electrons. The fraction of sp³-hybridized carbons (Fsp3) is 0.429. The number of ether oxygens (including phenoxy) is 2. The molecule has 0 aliphatic heterocycles. The standard InChI is InChI=1S/C9H11NO2.C5H11NO2/c1-12-9(11)6-7-3-2-4-8(10)5-7;1-5(2,3)8-4(6)7/h2-5H,6,10H2,1H3;1-3H3,(H2,6,7). The molecule has 0 fully saturated rings. The van der Waals surface area contributed by atoms with E-state index in [1.807, 2.05) is 12.1 Å². The van der Waals surface area contributed by atoms with Crippen molar-refractivity contribution in [1.29, 1.82) is 0 Å². The van der Waals surface area contributed by atoms with Crippen molar-refractivity contribution < 1.29 is 19.1 Å². The van der Waals surface area contributed by atoms with Crippen LogP contribution in [-0.2, 0) is 20.7 Å². The van der Waals surface area contributed by atoms with Gasteiger partial charge < -0.3 is 20.9 Å². The molecule has 0 saturated heterocycles. The van der Waals surface area contributed by atoms with Gasteiger partial charge in [0.15, 0.2) is 0 Å². The number of hydrogen-bond donors (Lipinski definition) is 2. The van der Waals surface area contributed by atoms with Crippen LogP contribution in [0.5, 0.6) is 0 Å². The van der Waals surface area contributed by atoms with Gasteiger partial charge in [-0.3, -0.25) is 4.79 Å². The van der Waals surface area contributed by atoms with Gasteiger partial charge in [-0.1, -0.05) is 12.1 Å². The Bertz CT molecular complexity index is 453. The van der Waals surface area contributed by atoms with Crippen molar-refractivity contribution in [3.05, 3.63) is 29.8 Å². The van der Waals surface area contributed by atoms with Gasteiger partial charge in [-0.2, -0.15) is 0 Å². The van der Waals surface area contributed by atoms with Crippen molar-refractivity contribution in [2.45, 2.75) is 32.8 Å². The number of nitrogens with two attached hydrogens (primary N) is 2. The predicted molar refractivity (Wildman–Crippen MR) is 77.0 cm³/mol. The van der Waals surface area contributed by atoms with Crippen LogP contribution >= 0.6 is 0 Å². The molecule has 0 aromatic heterocycles. The second-order valence-electron chi connectivity index (χ2n) is 5.03. The lowest BCUT2D eigenvalue weighted by molar-refractivity contribution is -0.139. The largest absolute Gasteiger partial charge is 0.469 e. The molecule has 112 valence electrons. The molecule has 0 unspecified atom stereocenters. The highest BCUT2D eigenvalue weighted by molar-refractivity contribution is 5.72. The van der Waals surface area contributed by atoms with Gasteiger partial charge in [0.1, 0.15) is 5.60 Å². The number of primary amides is 1. The van der Waals surface area contributed by atoms with Gasteiger partial charge in [0.25, 0.3) is 0 Å². The third kappa shape index (κ3) is 9.76. The molecule has 1 rings (SSSR count). The number of anilines is 1. The summed E-state index contributed by atoms with van der Waals surface area (Å²) in [7, 11) is 1.37. The van der Waals surface area contributed by atoms with E-state index in [1.54, 1.807) is 32.9 Å². The number of amides is 1. The Morgan fingerprint density at radius 2 is 1.85 bits per heavy atom. The molecule has 1 aromatic rings. The van der Waals surface area contributed by atoms with Gasteiger partial charge in [0, 0.05) is 5.69 Å². The average molecular weight is 282 g/mol. The summed E-state index contributed by atoms with van der Waals surface area (Å²) in [6, 6.07) is 7.19. The lowest BCUT2D eigenvalue weighted by atomic mass is 10.1. The molecule has 0 spiro atoms. The highest BCUT2D eigenvalue weighted by atomic mass is 16.6. The van der Waals surface area contributed by atoms with E-state index in [0.29, 0.717) is 5.69 Å². The maximum absolute atomic E-state index is 10.8. The van der Waals surface area contributed by atoms with Crippen LogP contribution in [-0.4, -0.2) is 24.8 Å². The van der Waals surface area contributed by atoms with Crippen molar-refractivity contribution in [2.75, 3.05) is 12.8 Å². The minimum Gasteiger partial charge on any atom is -0.469 e. The van der Waals surface area contributed by atoms with Gasteiger partial charge in [0.2, 0.25) is 0 Å². The summed E-state index contributed by atoms with van der Waals surface area (Å²) in [5.74, 6) is -0.249. The first-order valence-electron chi connectivity index (χ1n) is 6.03. The van der Waals surface area contributed by atoms with E-state index >= 15 is 0 Å². The van der Waals surface area contributed by atoms with E-state index in [4.69, 9.17) is 11.5 Å². The maximum Gasteiger partial charge on any atom is 0.405 e. The summed E-state index contributed by atoms with van der Waals surface area (Å²) >= 11 is 0. The third-order valence-corrected chi connectivity index (χ3v) is 1.93. The first-order valence-corrected chi connectivity index (χ1v) is 6.03. The van der Waals surface area contributed by atoms with Crippen molar-refractivity contribution >= 4 is 17.7 Å². The lowest BCUT2D eigenvalue weighted by Crippen LogP contribution is -2.27. The summed E-state index contributed by atoms with van der Waals surface area (Å²) in [5, 5.41) is 0. The molecule has 0 bridgehead atoms. The topological polar surface area (TPSA) is 105 Å². The maximum atomic E-state index is 10.8. The number of methoxy groups -OCH3 is 1. The summed E-state index contributed by atoms with van der Waals surface area (Å²) in [6.07, 6.45) is -0.445. The molecule has 1 aromatic carbocycles. The fourth-order valence-electron chi connectivity index (χ4n) is 1.24. The van der Waals surface area contributed by atoms with Crippen molar-refractivity contribution in [3.63, 3.8) is 0 Å². The first-order chi connectivity index (χ1) is 9.14. The molecule has 0 heterocycles. The first kappa shape index (κ1) is 17.8. The monoisotopic (exact) mass is 282 g/mol. The van der Waals surface area contributed by atoms with Crippen LogP contribution in [0.1, 0.15) is 26.3 Å². The summed E-state index contributed by atoms with van der Waals surface area (Å²) < 4.78 is 9.09. The van der Waals surface area contributed by atoms with Crippen LogP contribution in [0.4, 0.5) is 10.5 Å². The number of esters is 1. The molecule has 0 aliphatic carbocycles. The molecule has 20 heavy (non-hydrogen) atoms. The predicted octanol–water partition coefficient (Wildman–Crippen LogP) is 1.86. The second-order valence-corrected chi connectivity index (χ2v) is 5.03. The van der Waals surface area contributed by atoms with E-state index in [-0.39, 0.29) is 12.4 Å². The normalized spacial score (nSPS) is 10.0. The van der Waals surface area contributed by atoms with Crippen molar-refractivity contribution in [2.24, 2.45) is 5.73 Å². The molecular formula is C14H22N2O4. The highest BCUT2D eigenvalue weighted by Gasteiger charge is 2.12. The summed E-state index contributed by atoms with van der Waals surface area (Å²) in [6.45, 7) is 5.28. The van der Waals surface area contributed by atoms with Crippen molar-refractivity contribution in [1.82, 2.24) is 0 Å². The van der Waals surface area contributed by atoms with Crippen LogP contribution in [0, 0.1) is 0 Å². The number of carbonyl (C=O) groups excluding carboxylic acids is 2. The van der Waals surface area contributed by atoms with Crippen LogP contribution < -0.4 is 11.5 Å². The third-order valence-electron chi connectivity index (χ3n) is 1.93. The van der Waals surface area contributed by atoms with Gasteiger partial charge in [0.05, 0.1) is 13.5 Å².